The van der Waals surface area contributed by atoms with Crippen molar-refractivity contribution in [2.75, 3.05) is 13.6 Å². The Morgan fingerprint density at radius 3 is 3.00 bits per heavy atom. The fourth-order valence-corrected chi connectivity index (χ4v) is 2.37. The summed E-state index contributed by atoms with van der Waals surface area (Å²) in [5, 5.41) is 2.06. The molecule has 1 aliphatic rings. The molecule has 15 heavy (non-hydrogen) atoms. The molecule has 2 nitrogen and oxygen atoms in total. The molecule has 1 fully saturated rings. The number of carbonyl (C=O) groups excluding carboxylic acids is 1. The summed E-state index contributed by atoms with van der Waals surface area (Å²) in [6.45, 7) is 0.962. The molecule has 1 amide bonds. The van der Waals surface area contributed by atoms with Gasteiger partial charge in [-0.25, -0.2) is 0 Å². The van der Waals surface area contributed by atoms with Crippen LogP contribution in [0.5, 0.6) is 0 Å². The third-order valence-electron chi connectivity index (χ3n) is 2.82. The average Bonchev–Trinajstić information content (AvgIpc) is 2.88. The first-order chi connectivity index (χ1) is 7.25. The normalized spacial score (nSPS) is 15.3. The lowest BCUT2D eigenvalue weighted by atomic mass is 10.2. The first kappa shape index (κ1) is 10.7. The highest BCUT2D eigenvalue weighted by atomic mass is 32.1. The summed E-state index contributed by atoms with van der Waals surface area (Å²) >= 11 is 1.73. The zero-order valence-electron chi connectivity index (χ0n) is 9.11. The van der Waals surface area contributed by atoms with Crippen molar-refractivity contribution in [2.24, 2.45) is 5.92 Å². The van der Waals surface area contributed by atoms with Crippen molar-refractivity contribution in [3.8, 4) is 0 Å². The highest BCUT2D eigenvalue weighted by Gasteiger charge is 2.24. The molecule has 1 aromatic heterocycles. The van der Waals surface area contributed by atoms with E-state index in [2.05, 4.69) is 11.4 Å². The maximum Gasteiger partial charge on any atom is 0.222 e. The van der Waals surface area contributed by atoms with E-state index in [1.807, 2.05) is 18.0 Å². The summed E-state index contributed by atoms with van der Waals surface area (Å²) in [4.78, 5) is 14.9. The van der Waals surface area contributed by atoms with Crippen LogP contribution in [0, 0.1) is 5.92 Å². The van der Waals surface area contributed by atoms with Crippen LogP contribution in [0.2, 0.25) is 0 Å². The minimum absolute atomic E-state index is 0.287. The van der Waals surface area contributed by atoms with Gasteiger partial charge in [0, 0.05) is 24.9 Å². The van der Waals surface area contributed by atoms with Crippen molar-refractivity contribution in [3.05, 3.63) is 22.4 Å². The molecule has 0 aromatic carbocycles. The standard InChI is InChI=1S/C12H17NOS/c1-13(9-10-4-5-10)12(14)7-6-11-3-2-8-15-11/h2-3,8,10H,4-7,9H2,1H3. The van der Waals surface area contributed by atoms with Gasteiger partial charge in [0.15, 0.2) is 0 Å². The Morgan fingerprint density at radius 2 is 2.40 bits per heavy atom. The summed E-state index contributed by atoms with van der Waals surface area (Å²) in [6, 6.07) is 4.14. The Kier molecular flexibility index (Phi) is 3.41. The zero-order valence-corrected chi connectivity index (χ0v) is 9.93. The van der Waals surface area contributed by atoms with Crippen LogP contribution in [0.25, 0.3) is 0 Å². The summed E-state index contributed by atoms with van der Waals surface area (Å²) < 4.78 is 0. The van der Waals surface area contributed by atoms with Crippen LogP contribution in [0.1, 0.15) is 24.1 Å². The van der Waals surface area contributed by atoms with Crippen molar-refractivity contribution in [1.29, 1.82) is 0 Å². The van der Waals surface area contributed by atoms with Crippen LogP contribution >= 0.6 is 11.3 Å². The molecule has 0 atom stereocenters. The van der Waals surface area contributed by atoms with Gasteiger partial charge in [-0.15, -0.1) is 11.3 Å². The zero-order chi connectivity index (χ0) is 10.7. The van der Waals surface area contributed by atoms with Crippen LogP contribution in [0.3, 0.4) is 0 Å². The van der Waals surface area contributed by atoms with Crippen molar-refractivity contribution in [2.45, 2.75) is 25.7 Å². The van der Waals surface area contributed by atoms with Gasteiger partial charge >= 0.3 is 0 Å². The summed E-state index contributed by atoms with van der Waals surface area (Å²) in [5.41, 5.74) is 0. The lowest BCUT2D eigenvalue weighted by Crippen LogP contribution is -2.28. The van der Waals surface area contributed by atoms with E-state index in [1.165, 1.54) is 17.7 Å². The summed E-state index contributed by atoms with van der Waals surface area (Å²) in [5.74, 6) is 1.08. The summed E-state index contributed by atoms with van der Waals surface area (Å²) in [7, 11) is 1.93. The van der Waals surface area contributed by atoms with E-state index in [-0.39, 0.29) is 5.91 Å². The number of aryl methyl sites for hydroxylation is 1. The molecule has 1 aliphatic carbocycles. The number of carbonyl (C=O) groups is 1. The van der Waals surface area contributed by atoms with Crippen LogP contribution in [-0.2, 0) is 11.2 Å². The van der Waals surface area contributed by atoms with Gasteiger partial charge in [-0.2, -0.15) is 0 Å². The Bertz CT molecular complexity index is 316. The van der Waals surface area contributed by atoms with E-state index in [9.17, 15) is 4.79 Å². The predicted molar refractivity (Wildman–Crippen MR) is 63.0 cm³/mol. The Hall–Kier alpha value is -0.830. The lowest BCUT2D eigenvalue weighted by molar-refractivity contribution is -0.130. The van der Waals surface area contributed by atoms with Crippen LogP contribution in [0.15, 0.2) is 17.5 Å². The molecular weight excluding hydrogens is 206 g/mol. The molecule has 1 aromatic rings. The molecule has 0 radical (unpaired) electrons. The lowest BCUT2D eigenvalue weighted by Gasteiger charge is -2.16. The Morgan fingerprint density at radius 1 is 1.60 bits per heavy atom. The molecule has 1 heterocycles. The molecule has 0 N–H and O–H groups in total. The number of hydrogen-bond acceptors (Lipinski definition) is 2. The molecule has 82 valence electrons. The van der Waals surface area contributed by atoms with E-state index < -0.39 is 0 Å². The average molecular weight is 223 g/mol. The van der Waals surface area contributed by atoms with E-state index in [0.29, 0.717) is 6.42 Å². The third-order valence-corrected chi connectivity index (χ3v) is 3.76. The molecular formula is C12H17NOS. The second-order valence-corrected chi connectivity index (χ2v) is 5.33. The molecule has 1 saturated carbocycles. The van der Waals surface area contributed by atoms with E-state index >= 15 is 0 Å². The van der Waals surface area contributed by atoms with Gasteiger partial charge in [-0.05, 0) is 36.6 Å². The topological polar surface area (TPSA) is 20.3 Å². The molecule has 0 saturated heterocycles. The highest BCUT2D eigenvalue weighted by molar-refractivity contribution is 7.09. The maximum absolute atomic E-state index is 11.7. The number of thiophene rings is 1. The Labute approximate surface area is 94.9 Å². The predicted octanol–water partition coefficient (Wildman–Crippen LogP) is 2.55. The first-order valence-electron chi connectivity index (χ1n) is 5.52. The van der Waals surface area contributed by atoms with Crippen LogP contribution in [-0.4, -0.2) is 24.4 Å². The number of nitrogens with zero attached hydrogens (tertiary/aromatic N) is 1. The SMILES string of the molecule is CN(CC1CC1)C(=O)CCc1cccs1. The minimum Gasteiger partial charge on any atom is -0.345 e. The highest BCUT2D eigenvalue weighted by Crippen LogP contribution is 2.29. The quantitative estimate of drug-likeness (QED) is 0.751. The monoisotopic (exact) mass is 223 g/mol. The van der Waals surface area contributed by atoms with Gasteiger partial charge in [0.05, 0.1) is 0 Å². The van der Waals surface area contributed by atoms with Gasteiger partial charge in [-0.3, -0.25) is 4.79 Å². The van der Waals surface area contributed by atoms with Gasteiger partial charge in [0.25, 0.3) is 0 Å². The second kappa shape index (κ2) is 4.79. The summed E-state index contributed by atoms with van der Waals surface area (Å²) in [6.07, 6.45) is 4.17. The van der Waals surface area contributed by atoms with Crippen molar-refractivity contribution in [3.63, 3.8) is 0 Å². The van der Waals surface area contributed by atoms with Gasteiger partial charge in [0.2, 0.25) is 5.91 Å². The molecule has 0 unspecified atom stereocenters. The number of hydrogen-bond donors (Lipinski definition) is 0. The van der Waals surface area contributed by atoms with Gasteiger partial charge < -0.3 is 4.90 Å². The van der Waals surface area contributed by atoms with Crippen LogP contribution in [0.4, 0.5) is 0 Å². The fourth-order valence-electron chi connectivity index (χ4n) is 1.67. The van der Waals surface area contributed by atoms with Crippen LogP contribution < -0.4 is 0 Å². The fraction of sp³-hybridized carbons (Fsp3) is 0.583. The maximum atomic E-state index is 11.7. The number of amides is 1. The first-order valence-corrected chi connectivity index (χ1v) is 6.40. The van der Waals surface area contributed by atoms with E-state index in [1.54, 1.807) is 11.3 Å². The van der Waals surface area contributed by atoms with Crippen molar-refractivity contribution in [1.82, 2.24) is 4.90 Å². The molecule has 0 spiro atoms. The van der Waals surface area contributed by atoms with E-state index in [4.69, 9.17) is 0 Å². The molecule has 0 bridgehead atoms. The van der Waals surface area contributed by atoms with Gasteiger partial charge in [0.1, 0.15) is 0 Å². The van der Waals surface area contributed by atoms with Crippen molar-refractivity contribution >= 4 is 17.2 Å². The Balaban J connectivity index is 1.71. The number of rotatable bonds is 5. The molecule has 0 aliphatic heterocycles. The smallest absolute Gasteiger partial charge is 0.222 e. The van der Waals surface area contributed by atoms with Crippen molar-refractivity contribution < 1.29 is 4.79 Å². The second-order valence-electron chi connectivity index (χ2n) is 4.30. The largest absolute Gasteiger partial charge is 0.345 e. The molecule has 2 rings (SSSR count). The molecule has 3 heteroatoms. The minimum atomic E-state index is 0.287. The van der Waals surface area contributed by atoms with Gasteiger partial charge in [-0.1, -0.05) is 6.07 Å². The van der Waals surface area contributed by atoms with E-state index in [0.717, 1.165) is 18.9 Å². The third kappa shape index (κ3) is 3.34.